The Labute approximate surface area is 160 Å². The molecule has 4 aromatic rings. The molecule has 0 aliphatic heterocycles. The molecular formula is C20H18FN5O2. The summed E-state index contributed by atoms with van der Waals surface area (Å²) in [5, 5.41) is 11.6. The number of nitrogens with zero attached hydrogens (tertiary/aromatic N) is 4. The van der Waals surface area contributed by atoms with Gasteiger partial charge < -0.3 is 9.84 Å². The van der Waals surface area contributed by atoms with Gasteiger partial charge in [-0.1, -0.05) is 12.1 Å². The van der Waals surface area contributed by atoms with Gasteiger partial charge in [-0.15, -0.1) is 0 Å². The molecule has 7 nitrogen and oxygen atoms in total. The van der Waals surface area contributed by atoms with Gasteiger partial charge in [0, 0.05) is 24.4 Å². The molecule has 1 aromatic carbocycles. The van der Waals surface area contributed by atoms with E-state index in [0.29, 0.717) is 33.7 Å². The molecule has 0 atom stereocenters. The molecule has 8 heteroatoms. The minimum Gasteiger partial charge on any atom is -0.335 e. The maximum atomic E-state index is 13.2. The van der Waals surface area contributed by atoms with E-state index in [1.807, 2.05) is 6.20 Å². The van der Waals surface area contributed by atoms with E-state index < -0.39 is 0 Å². The standard InChI is InChI=1S/C20H18FN5O2/c1-3-9-26-10-8-17(24-26)23-19(27)15-11-16(13-4-6-14(21)7-5-13)22-20-18(15)12(2)25-28-20/h4-8,10-11H,3,9H2,1-2H3,(H,23,24,27). The average molecular weight is 379 g/mol. The second-order valence-electron chi connectivity index (χ2n) is 6.43. The molecule has 0 bridgehead atoms. The monoisotopic (exact) mass is 379 g/mol. The third kappa shape index (κ3) is 3.36. The Hall–Kier alpha value is -3.55. The van der Waals surface area contributed by atoms with Crippen LogP contribution in [0, 0.1) is 12.7 Å². The van der Waals surface area contributed by atoms with Crippen molar-refractivity contribution in [3.05, 3.63) is 59.7 Å². The molecule has 3 aromatic heterocycles. The molecule has 0 spiro atoms. The fourth-order valence-corrected chi connectivity index (χ4v) is 3.01. The van der Waals surface area contributed by atoms with Gasteiger partial charge in [0.25, 0.3) is 11.6 Å². The summed E-state index contributed by atoms with van der Waals surface area (Å²) in [6.45, 7) is 4.58. The number of anilines is 1. The van der Waals surface area contributed by atoms with Crippen LogP contribution in [0.2, 0.25) is 0 Å². The van der Waals surface area contributed by atoms with Gasteiger partial charge in [0.15, 0.2) is 5.82 Å². The van der Waals surface area contributed by atoms with Crippen LogP contribution < -0.4 is 5.32 Å². The van der Waals surface area contributed by atoms with Gasteiger partial charge in [0.05, 0.1) is 22.3 Å². The van der Waals surface area contributed by atoms with E-state index in [1.54, 1.807) is 35.9 Å². The summed E-state index contributed by atoms with van der Waals surface area (Å²) in [5.74, 6) is -0.231. The number of carbonyl (C=O) groups is 1. The van der Waals surface area contributed by atoms with Crippen LogP contribution in [0.1, 0.15) is 29.4 Å². The molecule has 0 fully saturated rings. The lowest BCUT2D eigenvalue weighted by Gasteiger charge is -2.07. The van der Waals surface area contributed by atoms with Gasteiger partial charge in [-0.3, -0.25) is 9.48 Å². The number of hydrogen-bond donors (Lipinski definition) is 1. The highest BCUT2D eigenvalue weighted by molar-refractivity contribution is 6.12. The van der Waals surface area contributed by atoms with Crippen molar-refractivity contribution in [2.45, 2.75) is 26.8 Å². The normalized spacial score (nSPS) is 11.1. The Kier molecular flexibility index (Phi) is 4.60. The lowest BCUT2D eigenvalue weighted by molar-refractivity contribution is 0.102. The van der Waals surface area contributed by atoms with Crippen molar-refractivity contribution in [2.24, 2.45) is 0 Å². The Morgan fingerprint density at radius 1 is 1.25 bits per heavy atom. The summed E-state index contributed by atoms with van der Waals surface area (Å²) in [5.41, 5.74) is 2.34. The largest absolute Gasteiger partial charge is 0.335 e. The van der Waals surface area contributed by atoms with E-state index in [1.165, 1.54) is 12.1 Å². The number of hydrogen-bond acceptors (Lipinski definition) is 5. The SMILES string of the molecule is CCCn1ccc(NC(=O)c2cc(-c3ccc(F)cc3)nc3onc(C)c23)n1. The number of benzene rings is 1. The van der Waals surface area contributed by atoms with Gasteiger partial charge in [-0.2, -0.15) is 5.10 Å². The Morgan fingerprint density at radius 2 is 2.04 bits per heavy atom. The molecule has 0 aliphatic carbocycles. The van der Waals surface area contributed by atoms with Crippen LogP contribution in [0.25, 0.3) is 22.4 Å². The molecule has 0 saturated carbocycles. The summed E-state index contributed by atoms with van der Waals surface area (Å²) in [7, 11) is 0. The zero-order valence-electron chi connectivity index (χ0n) is 15.4. The van der Waals surface area contributed by atoms with Crippen LogP contribution in [0.3, 0.4) is 0 Å². The molecule has 28 heavy (non-hydrogen) atoms. The second kappa shape index (κ2) is 7.22. The summed E-state index contributed by atoms with van der Waals surface area (Å²) in [4.78, 5) is 17.4. The number of halogens is 1. The van der Waals surface area contributed by atoms with E-state index >= 15 is 0 Å². The molecular weight excluding hydrogens is 361 g/mol. The van der Waals surface area contributed by atoms with E-state index in [0.717, 1.165) is 13.0 Å². The van der Waals surface area contributed by atoms with Gasteiger partial charge in [-0.25, -0.2) is 9.37 Å². The first-order valence-corrected chi connectivity index (χ1v) is 8.93. The molecule has 3 heterocycles. The highest BCUT2D eigenvalue weighted by Gasteiger charge is 2.20. The van der Waals surface area contributed by atoms with Gasteiger partial charge in [0.2, 0.25) is 0 Å². The average Bonchev–Trinajstić information content (AvgIpc) is 3.28. The summed E-state index contributed by atoms with van der Waals surface area (Å²) in [6, 6.07) is 9.27. The number of fused-ring (bicyclic) bond motifs is 1. The Bertz CT molecular complexity index is 1150. The molecule has 142 valence electrons. The smallest absolute Gasteiger partial charge is 0.259 e. The summed E-state index contributed by atoms with van der Waals surface area (Å²) in [6.07, 6.45) is 2.76. The molecule has 0 radical (unpaired) electrons. The molecule has 0 unspecified atom stereocenters. The number of pyridine rings is 1. The van der Waals surface area contributed by atoms with Crippen LogP contribution in [0.5, 0.6) is 0 Å². The highest BCUT2D eigenvalue weighted by Crippen LogP contribution is 2.27. The first-order valence-electron chi connectivity index (χ1n) is 8.93. The van der Waals surface area contributed by atoms with Crippen molar-refractivity contribution in [3.63, 3.8) is 0 Å². The van der Waals surface area contributed by atoms with Crippen molar-refractivity contribution in [3.8, 4) is 11.3 Å². The number of carbonyl (C=O) groups excluding carboxylic acids is 1. The predicted molar refractivity (Wildman–Crippen MR) is 102 cm³/mol. The first-order chi connectivity index (χ1) is 13.5. The fraction of sp³-hybridized carbons (Fsp3) is 0.200. The summed E-state index contributed by atoms with van der Waals surface area (Å²) < 4.78 is 20.3. The number of amides is 1. The number of aromatic nitrogens is 4. The van der Waals surface area contributed by atoms with Crippen molar-refractivity contribution >= 4 is 22.8 Å². The van der Waals surface area contributed by atoms with Crippen LogP contribution in [0.15, 0.2) is 47.1 Å². The lowest BCUT2D eigenvalue weighted by atomic mass is 10.1. The maximum absolute atomic E-state index is 13.2. The number of nitrogens with one attached hydrogen (secondary N) is 1. The minimum atomic E-state index is -0.346. The van der Waals surface area contributed by atoms with E-state index in [9.17, 15) is 9.18 Å². The quantitative estimate of drug-likeness (QED) is 0.562. The zero-order valence-corrected chi connectivity index (χ0v) is 15.4. The van der Waals surface area contributed by atoms with Gasteiger partial charge in [0.1, 0.15) is 5.82 Å². The van der Waals surface area contributed by atoms with Gasteiger partial charge >= 0.3 is 0 Å². The van der Waals surface area contributed by atoms with Gasteiger partial charge in [-0.05, 0) is 43.7 Å². The maximum Gasteiger partial charge on any atom is 0.259 e. The molecule has 4 rings (SSSR count). The Morgan fingerprint density at radius 3 is 2.79 bits per heavy atom. The highest BCUT2D eigenvalue weighted by atomic mass is 19.1. The Balaban J connectivity index is 1.74. The topological polar surface area (TPSA) is 85.8 Å². The predicted octanol–water partition coefficient (Wildman–Crippen LogP) is 4.20. The third-order valence-corrected chi connectivity index (χ3v) is 4.34. The van der Waals surface area contributed by atoms with Crippen LogP contribution in [0.4, 0.5) is 10.2 Å². The first kappa shape index (κ1) is 17.8. The number of rotatable bonds is 5. The fourth-order valence-electron chi connectivity index (χ4n) is 3.01. The zero-order chi connectivity index (χ0) is 19.7. The molecule has 0 aliphatic rings. The molecule has 1 amide bonds. The van der Waals surface area contributed by atoms with Crippen LogP contribution >= 0.6 is 0 Å². The van der Waals surface area contributed by atoms with Crippen molar-refractivity contribution < 1.29 is 13.7 Å². The van der Waals surface area contributed by atoms with E-state index in [4.69, 9.17) is 4.52 Å². The van der Waals surface area contributed by atoms with E-state index in [2.05, 4.69) is 27.5 Å². The third-order valence-electron chi connectivity index (χ3n) is 4.34. The molecule has 1 N–H and O–H groups in total. The lowest BCUT2D eigenvalue weighted by Crippen LogP contribution is -2.14. The minimum absolute atomic E-state index is 0.251. The molecule has 0 saturated heterocycles. The van der Waals surface area contributed by atoms with Crippen LogP contribution in [-0.4, -0.2) is 25.8 Å². The second-order valence-corrected chi connectivity index (χ2v) is 6.43. The number of aryl methyl sites for hydroxylation is 2. The van der Waals surface area contributed by atoms with Crippen molar-refractivity contribution in [1.29, 1.82) is 0 Å². The van der Waals surface area contributed by atoms with Crippen molar-refractivity contribution in [2.75, 3.05) is 5.32 Å². The summed E-state index contributed by atoms with van der Waals surface area (Å²) >= 11 is 0. The van der Waals surface area contributed by atoms with Crippen molar-refractivity contribution in [1.82, 2.24) is 19.9 Å². The van der Waals surface area contributed by atoms with Crippen LogP contribution in [-0.2, 0) is 6.54 Å². The van der Waals surface area contributed by atoms with E-state index in [-0.39, 0.29) is 17.4 Å².